The molecule has 0 fully saturated rings. The van der Waals surface area contributed by atoms with Crippen molar-refractivity contribution in [2.75, 3.05) is 5.32 Å². The van der Waals surface area contributed by atoms with Gasteiger partial charge in [0, 0.05) is 10.6 Å². The van der Waals surface area contributed by atoms with E-state index in [-0.39, 0.29) is 16.8 Å². The summed E-state index contributed by atoms with van der Waals surface area (Å²) in [4.78, 5) is 13.6. The van der Waals surface area contributed by atoms with Crippen molar-refractivity contribution in [1.82, 2.24) is 25.5 Å². The number of aromatic nitrogens is 4. The lowest BCUT2D eigenvalue weighted by molar-refractivity contribution is 0.0951. The molecule has 0 atom stereocenters. The third-order valence-electron chi connectivity index (χ3n) is 3.47. The summed E-state index contributed by atoms with van der Waals surface area (Å²) in [7, 11) is 0. The van der Waals surface area contributed by atoms with E-state index in [9.17, 15) is 4.79 Å². The topological polar surface area (TPSA) is 97.9 Å². The molecule has 0 saturated carbocycles. The van der Waals surface area contributed by atoms with Gasteiger partial charge >= 0.3 is 0 Å². The van der Waals surface area contributed by atoms with Gasteiger partial charge in [0.1, 0.15) is 5.76 Å². The number of carbonyl (C=O) groups is 1. The first-order valence-corrected chi connectivity index (χ1v) is 8.51. The molecule has 3 rings (SSSR count). The molecular weight excluding hydrogens is 376 g/mol. The van der Waals surface area contributed by atoms with E-state index in [1.54, 1.807) is 18.2 Å². The number of anilines is 1. The number of rotatable bonds is 4. The average molecular weight is 391 g/mol. The number of tetrazole rings is 1. The number of hydrogen-bond donors (Lipinski definition) is 2. The molecule has 1 aromatic carbocycles. The molecule has 26 heavy (non-hydrogen) atoms. The fourth-order valence-electron chi connectivity index (χ4n) is 2.09. The van der Waals surface area contributed by atoms with Crippen LogP contribution in [0.1, 0.15) is 23.0 Å². The SMILES string of the molecule is CCn1nnc(NC(=S)NC(=O)c2ccc(-c3ccc(C)c(Cl)c3)o2)n1. The van der Waals surface area contributed by atoms with Gasteiger partial charge in [0.25, 0.3) is 11.9 Å². The molecule has 10 heteroatoms. The van der Waals surface area contributed by atoms with Crippen molar-refractivity contribution in [1.29, 1.82) is 0 Å². The highest BCUT2D eigenvalue weighted by molar-refractivity contribution is 7.80. The first-order valence-electron chi connectivity index (χ1n) is 7.72. The minimum absolute atomic E-state index is 0.0435. The number of furan rings is 1. The van der Waals surface area contributed by atoms with Crippen molar-refractivity contribution in [3.63, 3.8) is 0 Å². The molecule has 3 aromatic rings. The Morgan fingerprint density at radius 1 is 1.35 bits per heavy atom. The highest BCUT2D eigenvalue weighted by atomic mass is 35.5. The van der Waals surface area contributed by atoms with E-state index in [1.165, 1.54) is 4.80 Å². The molecule has 2 aromatic heterocycles. The van der Waals surface area contributed by atoms with Crippen LogP contribution in [-0.2, 0) is 6.54 Å². The Balaban J connectivity index is 1.65. The molecule has 0 unspecified atom stereocenters. The highest BCUT2D eigenvalue weighted by Crippen LogP contribution is 2.26. The van der Waals surface area contributed by atoms with Crippen LogP contribution < -0.4 is 10.6 Å². The van der Waals surface area contributed by atoms with Gasteiger partial charge in [-0.25, -0.2) is 0 Å². The molecule has 0 bridgehead atoms. The van der Waals surface area contributed by atoms with E-state index in [2.05, 4.69) is 26.0 Å². The summed E-state index contributed by atoms with van der Waals surface area (Å²) in [6, 6.07) is 8.80. The summed E-state index contributed by atoms with van der Waals surface area (Å²) in [5.41, 5.74) is 1.74. The summed E-state index contributed by atoms with van der Waals surface area (Å²) in [6.07, 6.45) is 0. The second-order valence-corrected chi connectivity index (χ2v) is 6.15. The molecule has 2 heterocycles. The third kappa shape index (κ3) is 4.06. The maximum Gasteiger partial charge on any atom is 0.293 e. The fraction of sp³-hybridized carbons (Fsp3) is 0.188. The van der Waals surface area contributed by atoms with Gasteiger partial charge in [0.2, 0.25) is 0 Å². The van der Waals surface area contributed by atoms with Crippen molar-refractivity contribution in [3.05, 3.63) is 46.7 Å². The summed E-state index contributed by atoms with van der Waals surface area (Å²) in [5, 5.41) is 17.4. The zero-order chi connectivity index (χ0) is 18.7. The van der Waals surface area contributed by atoms with Crippen LogP contribution >= 0.6 is 23.8 Å². The van der Waals surface area contributed by atoms with Crippen LogP contribution in [-0.4, -0.2) is 31.2 Å². The van der Waals surface area contributed by atoms with E-state index < -0.39 is 5.91 Å². The lowest BCUT2D eigenvalue weighted by atomic mass is 10.1. The van der Waals surface area contributed by atoms with Crippen LogP contribution in [0.25, 0.3) is 11.3 Å². The molecule has 0 aliphatic carbocycles. The Kier molecular flexibility index (Phi) is 5.29. The summed E-state index contributed by atoms with van der Waals surface area (Å²) in [5.74, 6) is 0.357. The van der Waals surface area contributed by atoms with Gasteiger partial charge in [0.05, 0.1) is 6.54 Å². The van der Waals surface area contributed by atoms with Gasteiger partial charge in [-0.15, -0.1) is 5.10 Å². The van der Waals surface area contributed by atoms with Gasteiger partial charge in [-0.1, -0.05) is 28.8 Å². The number of benzene rings is 1. The number of aryl methyl sites for hydroxylation is 2. The summed E-state index contributed by atoms with van der Waals surface area (Å²) in [6.45, 7) is 4.36. The predicted molar refractivity (Wildman–Crippen MR) is 101 cm³/mol. The predicted octanol–water partition coefficient (Wildman–Crippen LogP) is 3.04. The van der Waals surface area contributed by atoms with Crippen LogP contribution in [0.3, 0.4) is 0 Å². The lowest BCUT2D eigenvalue weighted by Crippen LogP contribution is -2.34. The number of thiocarbonyl (C=S) groups is 1. The van der Waals surface area contributed by atoms with Gasteiger partial charge in [-0.2, -0.15) is 4.80 Å². The van der Waals surface area contributed by atoms with Crippen LogP contribution in [0.15, 0.2) is 34.7 Å². The number of nitrogens with zero attached hydrogens (tertiary/aromatic N) is 4. The Morgan fingerprint density at radius 3 is 2.85 bits per heavy atom. The second kappa shape index (κ2) is 7.63. The normalized spacial score (nSPS) is 10.6. The van der Waals surface area contributed by atoms with Crippen molar-refractivity contribution < 1.29 is 9.21 Å². The van der Waals surface area contributed by atoms with Crippen LogP contribution in [0.2, 0.25) is 5.02 Å². The first-order chi connectivity index (χ1) is 12.5. The second-order valence-electron chi connectivity index (χ2n) is 5.34. The van der Waals surface area contributed by atoms with Crippen LogP contribution in [0.4, 0.5) is 5.95 Å². The van der Waals surface area contributed by atoms with E-state index in [0.29, 0.717) is 17.3 Å². The maximum absolute atomic E-state index is 12.3. The van der Waals surface area contributed by atoms with Gasteiger partial charge in [0.15, 0.2) is 10.9 Å². The van der Waals surface area contributed by atoms with Gasteiger partial charge in [-0.3, -0.25) is 15.4 Å². The average Bonchev–Trinajstić information content (AvgIpc) is 3.26. The highest BCUT2D eigenvalue weighted by Gasteiger charge is 2.15. The monoisotopic (exact) mass is 390 g/mol. The number of nitrogens with one attached hydrogen (secondary N) is 2. The molecule has 0 saturated heterocycles. The molecule has 1 amide bonds. The van der Waals surface area contributed by atoms with Gasteiger partial charge < -0.3 is 4.42 Å². The standard InChI is InChI=1S/C16H15ClN6O2S/c1-3-23-21-15(20-22-23)19-16(26)18-14(24)13-7-6-12(25-13)10-5-4-9(2)11(17)8-10/h4-8H,3H2,1-2H3,(H2,18,19,21,24,26). The molecule has 0 radical (unpaired) electrons. The molecule has 0 aliphatic heterocycles. The molecule has 0 spiro atoms. The smallest absolute Gasteiger partial charge is 0.293 e. The number of carbonyl (C=O) groups excluding carboxylic acids is 1. The summed E-state index contributed by atoms with van der Waals surface area (Å²) < 4.78 is 5.59. The lowest BCUT2D eigenvalue weighted by Gasteiger charge is -2.04. The van der Waals surface area contributed by atoms with Crippen molar-refractivity contribution >= 4 is 40.8 Å². The Labute approximate surface area is 159 Å². The van der Waals surface area contributed by atoms with Crippen molar-refractivity contribution in [3.8, 4) is 11.3 Å². The Morgan fingerprint density at radius 2 is 2.15 bits per heavy atom. The minimum atomic E-state index is -0.491. The van der Waals surface area contributed by atoms with E-state index >= 15 is 0 Å². The fourth-order valence-corrected chi connectivity index (χ4v) is 2.45. The van der Waals surface area contributed by atoms with Crippen LogP contribution in [0.5, 0.6) is 0 Å². The molecular formula is C16H15ClN6O2S. The molecule has 134 valence electrons. The minimum Gasteiger partial charge on any atom is -0.451 e. The number of amides is 1. The van der Waals surface area contributed by atoms with E-state index in [0.717, 1.165) is 11.1 Å². The summed E-state index contributed by atoms with van der Waals surface area (Å²) >= 11 is 11.2. The number of halogens is 1. The largest absolute Gasteiger partial charge is 0.451 e. The molecule has 8 nitrogen and oxygen atoms in total. The quantitative estimate of drug-likeness (QED) is 0.660. The Bertz CT molecular complexity index is 967. The first kappa shape index (κ1) is 18.0. The van der Waals surface area contributed by atoms with Gasteiger partial charge in [-0.05, 0) is 55.0 Å². The zero-order valence-corrected chi connectivity index (χ0v) is 15.6. The number of hydrogen-bond acceptors (Lipinski definition) is 6. The third-order valence-corrected chi connectivity index (χ3v) is 4.09. The molecule has 0 aliphatic rings. The maximum atomic E-state index is 12.3. The van der Waals surface area contributed by atoms with Crippen LogP contribution in [0, 0.1) is 6.92 Å². The Hall–Kier alpha value is -2.78. The van der Waals surface area contributed by atoms with E-state index in [1.807, 2.05) is 26.0 Å². The van der Waals surface area contributed by atoms with Crippen molar-refractivity contribution in [2.45, 2.75) is 20.4 Å². The van der Waals surface area contributed by atoms with Crippen molar-refractivity contribution in [2.24, 2.45) is 0 Å². The molecule has 2 N–H and O–H groups in total. The van der Waals surface area contributed by atoms with E-state index in [4.69, 9.17) is 28.2 Å². The zero-order valence-electron chi connectivity index (χ0n) is 14.0.